The van der Waals surface area contributed by atoms with Crippen LogP contribution in [0.25, 0.3) is 11.2 Å². The van der Waals surface area contributed by atoms with E-state index in [9.17, 15) is 26.7 Å². The van der Waals surface area contributed by atoms with E-state index < -0.39 is 29.3 Å². The summed E-state index contributed by atoms with van der Waals surface area (Å²) in [6.45, 7) is 5.65. The molecule has 3 aliphatic rings. The molecule has 264 valence electrons. The van der Waals surface area contributed by atoms with Gasteiger partial charge in [-0.25, -0.2) is 24.0 Å². The molecule has 12 heteroatoms. The minimum absolute atomic E-state index is 0.0489. The van der Waals surface area contributed by atoms with Crippen LogP contribution in [0.1, 0.15) is 94.2 Å². The summed E-state index contributed by atoms with van der Waals surface area (Å²) in [6.07, 6.45) is 7.18. The van der Waals surface area contributed by atoms with Crippen LogP contribution in [0, 0.1) is 11.8 Å². The van der Waals surface area contributed by atoms with Crippen molar-refractivity contribution in [1.82, 2.24) is 29.2 Å². The van der Waals surface area contributed by atoms with Crippen molar-refractivity contribution < 1.29 is 22.0 Å². The lowest BCUT2D eigenvalue weighted by Gasteiger charge is -2.39. The van der Waals surface area contributed by atoms with Gasteiger partial charge in [0.15, 0.2) is 0 Å². The molecule has 2 saturated heterocycles. The molecule has 3 fully saturated rings. The molecular weight excluding hydrogens is 627 g/mol. The number of halogens is 5. The second kappa shape index (κ2) is 14.2. The molecule has 48 heavy (non-hydrogen) atoms. The molecule has 3 atom stereocenters. The highest BCUT2D eigenvalue weighted by atomic mass is 19.4. The average Bonchev–Trinajstić information content (AvgIpc) is 3.54. The SMILES string of the molecule is CCCCCCCN1CN(C)C([C@H](c2cccc(-n3cc4c(C(F)(F)F)cc(CN5CCC(F)(F)C(C)C5)cn4c3=O)c2)C2CCC2)N1. The van der Waals surface area contributed by atoms with Crippen molar-refractivity contribution in [2.75, 3.05) is 33.4 Å². The van der Waals surface area contributed by atoms with Crippen molar-refractivity contribution in [2.45, 2.75) is 102 Å². The molecule has 0 amide bonds. The number of piperidine rings is 1. The van der Waals surface area contributed by atoms with Crippen molar-refractivity contribution in [3.8, 4) is 5.69 Å². The molecule has 7 nitrogen and oxygen atoms in total. The van der Waals surface area contributed by atoms with Crippen LogP contribution in [0.15, 0.2) is 47.5 Å². The smallest absolute Gasteiger partial charge is 0.298 e. The quantitative estimate of drug-likeness (QED) is 0.159. The number of nitrogens with one attached hydrogen (secondary N) is 1. The Kier molecular flexibility index (Phi) is 10.4. The van der Waals surface area contributed by atoms with E-state index in [0.29, 0.717) is 11.6 Å². The van der Waals surface area contributed by atoms with Gasteiger partial charge >= 0.3 is 11.9 Å². The van der Waals surface area contributed by atoms with Crippen LogP contribution in [0.3, 0.4) is 0 Å². The van der Waals surface area contributed by atoms with Gasteiger partial charge in [-0.15, -0.1) is 0 Å². The van der Waals surface area contributed by atoms with Crippen molar-refractivity contribution in [2.24, 2.45) is 11.8 Å². The van der Waals surface area contributed by atoms with Crippen LogP contribution in [0.4, 0.5) is 22.0 Å². The third-order valence-electron chi connectivity index (χ3n) is 10.8. The first-order valence-corrected chi connectivity index (χ1v) is 17.6. The molecule has 0 spiro atoms. The number of hydrogen-bond acceptors (Lipinski definition) is 5. The first-order chi connectivity index (χ1) is 22.9. The Morgan fingerprint density at radius 1 is 1.06 bits per heavy atom. The number of nitrogens with zero attached hydrogens (tertiary/aromatic N) is 5. The van der Waals surface area contributed by atoms with E-state index in [1.165, 1.54) is 56.0 Å². The molecule has 4 heterocycles. The highest BCUT2D eigenvalue weighted by Gasteiger charge is 2.42. The van der Waals surface area contributed by atoms with E-state index >= 15 is 0 Å². The number of likely N-dealkylation sites (N-methyl/N-ethyl adjacent to an activating group) is 1. The molecule has 1 N–H and O–H groups in total. The van der Waals surface area contributed by atoms with E-state index in [4.69, 9.17) is 0 Å². The van der Waals surface area contributed by atoms with Crippen molar-refractivity contribution >= 4 is 5.52 Å². The summed E-state index contributed by atoms with van der Waals surface area (Å²) in [5.74, 6) is -3.09. The topological polar surface area (TPSA) is 48.2 Å². The molecule has 1 saturated carbocycles. The first-order valence-electron chi connectivity index (χ1n) is 17.6. The Hall–Kier alpha value is -2.80. The minimum Gasteiger partial charge on any atom is -0.298 e. The molecule has 2 aromatic heterocycles. The molecule has 1 aliphatic carbocycles. The van der Waals surface area contributed by atoms with E-state index in [2.05, 4.69) is 35.4 Å². The predicted molar refractivity (Wildman–Crippen MR) is 177 cm³/mol. The zero-order chi connectivity index (χ0) is 34.2. The van der Waals surface area contributed by atoms with Crippen molar-refractivity contribution in [1.29, 1.82) is 0 Å². The lowest BCUT2D eigenvalue weighted by atomic mass is 9.71. The number of pyridine rings is 1. The Bertz CT molecular complexity index is 1610. The average molecular weight is 677 g/mol. The van der Waals surface area contributed by atoms with Crippen LogP contribution >= 0.6 is 0 Å². The fourth-order valence-corrected chi connectivity index (χ4v) is 7.78. The Morgan fingerprint density at radius 2 is 1.83 bits per heavy atom. The molecule has 1 aromatic carbocycles. The van der Waals surface area contributed by atoms with E-state index in [-0.39, 0.29) is 49.2 Å². The highest BCUT2D eigenvalue weighted by Crippen LogP contribution is 2.43. The summed E-state index contributed by atoms with van der Waals surface area (Å²) < 4.78 is 73.7. The van der Waals surface area contributed by atoms with Gasteiger partial charge in [-0.1, -0.05) is 58.1 Å². The molecule has 0 radical (unpaired) electrons. The van der Waals surface area contributed by atoms with E-state index in [1.54, 1.807) is 11.0 Å². The highest BCUT2D eigenvalue weighted by molar-refractivity contribution is 5.58. The van der Waals surface area contributed by atoms with Gasteiger partial charge in [-0.2, -0.15) is 13.2 Å². The number of hydrazine groups is 1. The zero-order valence-electron chi connectivity index (χ0n) is 28.3. The first kappa shape index (κ1) is 35.0. The lowest BCUT2D eigenvalue weighted by Crippen LogP contribution is -2.45. The lowest BCUT2D eigenvalue weighted by molar-refractivity contribution is -0.136. The van der Waals surface area contributed by atoms with Gasteiger partial charge in [0.05, 0.1) is 29.6 Å². The van der Waals surface area contributed by atoms with Crippen molar-refractivity contribution in [3.05, 3.63) is 69.9 Å². The summed E-state index contributed by atoms with van der Waals surface area (Å²) >= 11 is 0. The summed E-state index contributed by atoms with van der Waals surface area (Å²) in [6, 6.07) is 8.72. The number of imidazole rings is 1. The zero-order valence-corrected chi connectivity index (χ0v) is 28.3. The molecule has 2 aliphatic heterocycles. The Morgan fingerprint density at radius 3 is 2.52 bits per heavy atom. The number of fused-ring (bicyclic) bond motifs is 1. The number of unbranched alkanes of at least 4 members (excludes halogenated alkanes) is 4. The largest absolute Gasteiger partial charge is 0.418 e. The molecule has 3 aromatic rings. The number of likely N-dealkylation sites (tertiary alicyclic amines) is 1. The van der Waals surface area contributed by atoms with Gasteiger partial charge in [0, 0.05) is 56.8 Å². The maximum Gasteiger partial charge on any atom is 0.418 e. The second-order valence-electron chi connectivity index (χ2n) is 14.4. The Balaban J connectivity index is 1.28. The number of benzene rings is 1. The maximum atomic E-state index is 14.4. The van der Waals surface area contributed by atoms with Crippen LogP contribution in [0.2, 0.25) is 0 Å². The third kappa shape index (κ3) is 7.37. The molecule has 0 bridgehead atoms. The van der Waals surface area contributed by atoms with Crippen LogP contribution in [0.5, 0.6) is 0 Å². The van der Waals surface area contributed by atoms with E-state index in [0.717, 1.165) is 48.5 Å². The molecule has 2 unspecified atom stereocenters. The Labute approximate surface area is 279 Å². The summed E-state index contributed by atoms with van der Waals surface area (Å²) in [5, 5.41) is 2.30. The van der Waals surface area contributed by atoms with Crippen LogP contribution in [-0.4, -0.2) is 69.2 Å². The molecular formula is C36H49F5N6O. The summed E-state index contributed by atoms with van der Waals surface area (Å²) in [4.78, 5) is 17.9. The monoisotopic (exact) mass is 676 g/mol. The number of hydrogen-bond donors (Lipinski definition) is 1. The number of rotatable bonds is 12. The van der Waals surface area contributed by atoms with Gasteiger partial charge in [-0.05, 0) is 61.6 Å². The fraction of sp³-hybridized carbons (Fsp3) is 0.639. The van der Waals surface area contributed by atoms with Gasteiger partial charge in [0.25, 0.3) is 5.92 Å². The number of aromatic nitrogens is 2. The van der Waals surface area contributed by atoms with Gasteiger partial charge < -0.3 is 0 Å². The van der Waals surface area contributed by atoms with Gasteiger partial charge in [0.2, 0.25) is 0 Å². The number of alkyl halides is 5. The summed E-state index contributed by atoms with van der Waals surface area (Å²) in [5.41, 5.74) is 3.84. The predicted octanol–water partition coefficient (Wildman–Crippen LogP) is 7.48. The van der Waals surface area contributed by atoms with Crippen LogP contribution < -0.4 is 11.1 Å². The molecule has 6 rings (SSSR count). The normalized spacial score (nSPS) is 23.6. The van der Waals surface area contributed by atoms with Crippen molar-refractivity contribution in [3.63, 3.8) is 0 Å². The third-order valence-corrected chi connectivity index (χ3v) is 10.8. The second-order valence-corrected chi connectivity index (χ2v) is 14.4. The van der Waals surface area contributed by atoms with Crippen LogP contribution in [-0.2, 0) is 12.7 Å². The standard InChI is InChI=1S/C36H49F5N6O/c1-4-5-6-7-8-16-45-24-43(3)33(42-45)32(27-11-9-12-27)28-13-10-14-29(19-28)46-23-31-30(36(39,40)41)18-26(22-47(31)34(46)48)21-44-17-15-35(37,38)25(2)20-44/h10,13-14,18-19,22-23,25,27,32-33,42H,4-9,11-12,15-17,20-21,24H2,1-3H3/t25?,32-,33?/m0/s1. The van der Waals surface area contributed by atoms with E-state index in [1.807, 2.05) is 12.1 Å². The van der Waals surface area contributed by atoms with Gasteiger partial charge in [-0.3, -0.25) is 18.8 Å². The minimum atomic E-state index is -4.71. The maximum absolute atomic E-state index is 14.4. The summed E-state index contributed by atoms with van der Waals surface area (Å²) in [7, 11) is 2.13. The van der Waals surface area contributed by atoms with Gasteiger partial charge in [0.1, 0.15) is 0 Å². The fourth-order valence-electron chi connectivity index (χ4n) is 7.78.